The lowest BCUT2D eigenvalue weighted by molar-refractivity contribution is 0.0431. The van der Waals surface area contributed by atoms with Crippen molar-refractivity contribution in [2.45, 2.75) is 67.0 Å². The third kappa shape index (κ3) is 3.74. The normalized spacial score (nSPS) is 15.6. The largest absolute Gasteiger partial charge is 0.312 e. The summed E-state index contributed by atoms with van der Waals surface area (Å²) in [5.41, 5.74) is 0.472. The standard InChI is InChI=1S/C14H32N2/c1-9-15-12(13(4,5)6)14(7,8)16(10-2)11-3/h12,15H,9-11H2,1-8H3. The molecule has 0 heterocycles. The molecule has 0 spiro atoms. The van der Waals surface area contributed by atoms with Gasteiger partial charge in [-0.15, -0.1) is 0 Å². The second-order valence-corrected chi connectivity index (χ2v) is 6.18. The minimum Gasteiger partial charge on any atom is -0.312 e. The summed E-state index contributed by atoms with van der Waals surface area (Å²) in [6.07, 6.45) is 0. The van der Waals surface area contributed by atoms with Crippen molar-refractivity contribution in [3.05, 3.63) is 0 Å². The van der Waals surface area contributed by atoms with Crippen LogP contribution in [-0.2, 0) is 0 Å². The summed E-state index contributed by atoms with van der Waals surface area (Å²) in [4.78, 5) is 2.55. The Morgan fingerprint density at radius 2 is 1.38 bits per heavy atom. The minimum absolute atomic E-state index is 0.192. The molecule has 0 aliphatic heterocycles. The van der Waals surface area contributed by atoms with E-state index in [-0.39, 0.29) is 11.0 Å². The van der Waals surface area contributed by atoms with E-state index in [0.29, 0.717) is 6.04 Å². The molecular formula is C14H32N2. The van der Waals surface area contributed by atoms with Crippen LogP contribution in [0.5, 0.6) is 0 Å². The lowest BCUT2D eigenvalue weighted by atomic mass is 9.75. The first-order valence-electron chi connectivity index (χ1n) is 6.70. The molecule has 0 aliphatic rings. The van der Waals surface area contributed by atoms with Crippen molar-refractivity contribution >= 4 is 0 Å². The van der Waals surface area contributed by atoms with Crippen molar-refractivity contribution in [3.63, 3.8) is 0 Å². The van der Waals surface area contributed by atoms with E-state index in [2.05, 4.69) is 65.6 Å². The maximum atomic E-state index is 3.67. The van der Waals surface area contributed by atoms with E-state index in [4.69, 9.17) is 0 Å². The van der Waals surface area contributed by atoms with Gasteiger partial charge in [0.25, 0.3) is 0 Å². The minimum atomic E-state index is 0.192. The van der Waals surface area contributed by atoms with Crippen molar-refractivity contribution in [2.24, 2.45) is 5.41 Å². The molecule has 16 heavy (non-hydrogen) atoms. The topological polar surface area (TPSA) is 15.3 Å². The van der Waals surface area contributed by atoms with Crippen LogP contribution in [0.25, 0.3) is 0 Å². The molecule has 2 heteroatoms. The molecule has 0 aliphatic carbocycles. The van der Waals surface area contributed by atoms with E-state index in [1.165, 1.54) is 0 Å². The number of likely N-dealkylation sites (N-methyl/N-ethyl adjacent to an activating group) is 2. The van der Waals surface area contributed by atoms with Gasteiger partial charge in [-0.3, -0.25) is 4.90 Å². The zero-order valence-corrected chi connectivity index (χ0v) is 12.6. The van der Waals surface area contributed by atoms with E-state index in [1.807, 2.05) is 0 Å². The van der Waals surface area contributed by atoms with Gasteiger partial charge in [0.1, 0.15) is 0 Å². The SMILES string of the molecule is CCNC(C(C)(C)C)C(C)(C)N(CC)CC. The molecular weight excluding hydrogens is 196 g/mol. The van der Waals surface area contributed by atoms with Gasteiger partial charge in [-0.1, -0.05) is 41.5 Å². The van der Waals surface area contributed by atoms with Gasteiger partial charge < -0.3 is 5.32 Å². The second-order valence-electron chi connectivity index (χ2n) is 6.18. The number of hydrogen-bond acceptors (Lipinski definition) is 2. The van der Waals surface area contributed by atoms with Crippen molar-refractivity contribution in [3.8, 4) is 0 Å². The molecule has 0 radical (unpaired) electrons. The first-order valence-corrected chi connectivity index (χ1v) is 6.70. The van der Waals surface area contributed by atoms with Crippen molar-refractivity contribution in [2.75, 3.05) is 19.6 Å². The predicted molar refractivity (Wildman–Crippen MR) is 73.9 cm³/mol. The molecule has 0 saturated heterocycles. The molecule has 0 aromatic carbocycles. The van der Waals surface area contributed by atoms with E-state index in [0.717, 1.165) is 19.6 Å². The molecule has 0 bridgehead atoms. The van der Waals surface area contributed by atoms with Crippen LogP contribution in [0.2, 0.25) is 0 Å². The van der Waals surface area contributed by atoms with Gasteiger partial charge in [0.2, 0.25) is 0 Å². The zero-order chi connectivity index (χ0) is 13.0. The fraction of sp³-hybridized carbons (Fsp3) is 1.00. The lowest BCUT2D eigenvalue weighted by Crippen LogP contribution is -2.62. The van der Waals surface area contributed by atoms with Crippen LogP contribution in [-0.4, -0.2) is 36.1 Å². The Morgan fingerprint density at radius 3 is 1.62 bits per heavy atom. The number of nitrogens with zero attached hydrogens (tertiary/aromatic N) is 1. The maximum absolute atomic E-state index is 3.67. The quantitative estimate of drug-likeness (QED) is 0.751. The van der Waals surface area contributed by atoms with E-state index in [1.54, 1.807) is 0 Å². The summed E-state index contributed by atoms with van der Waals surface area (Å²) in [6, 6.07) is 0.505. The third-order valence-corrected chi connectivity index (χ3v) is 3.56. The summed E-state index contributed by atoms with van der Waals surface area (Å²) in [5.74, 6) is 0. The van der Waals surface area contributed by atoms with Crippen LogP contribution >= 0.6 is 0 Å². The van der Waals surface area contributed by atoms with Crippen molar-refractivity contribution in [1.82, 2.24) is 10.2 Å². The number of hydrogen-bond donors (Lipinski definition) is 1. The fourth-order valence-corrected chi connectivity index (χ4v) is 3.04. The van der Waals surface area contributed by atoms with E-state index < -0.39 is 0 Å². The molecule has 0 aromatic heterocycles. The summed E-state index contributed by atoms with van der Waals surface area (Å²) >= 11 is 0. The van der Waals surface area contributed by atoms with Gasteiger partial charge in [-0.2, -0.15) is 0 Å². The maximum Gasteiger partial charge on any atom is 0.0311 e. The van der Waals surface area contributed by atoms with E-state index in [9.17, 15) is 0 Å². The summed E-state index contributed by atoms with van der Waals surface area (Å²) in [6.45, 7) is 21.6. The van der Waals surface area contributed by atoms with Crippen LogP contribution in [0.4, 0.5) is 0 Å². The lowest BCUT2D eigenvalue weighted by Gasteiger charge is -2.49. The summed E-state index contributed by atoms with van der Waals surface area (Å²) in [7, 11) is 0. The molecule has 0 rings (SSSR count). The van der Waals surface area contributed by atoms with Crippen LogP contribution < -0.4 is 5.32 Å². The Hall–Kier alpha value is -0.0800. The Bertz CT molecular complexity index is 187. The summed E-state index contributed by atoms with van der Waals surface area (Å²) in [5, 5.41) is 3.67. The highest BCUT2D eigenvalue weighted by molar-refractivity contribution is 4.99. The molecule has 2 nitrogen and oxygen atoms in total. The predicted octanol–water partition coefficient (Wildman–Crippen LogP) is 3.13. The van der Waals surface area contributed by atoms with Gasteiger partial charge in [0, 0.05) is 11.6 Å². The van der Waals surface area contributed by atoms with Crippen LogP contribution in [0.1, 0.15) is 55.4 Å². The zero-order valence-electron chi connectivity index (χ0n) is 12.6. The molecule has 0 saturated carbocycles. The van der Waals surface area contributed by atoms with Gasteiger partial charge in [-0.25, -0.2) is 0 Å². The first kappa shape index (κ1) is 15.9. The smallest absolute Gasteiger partial charge is 0.0311 e. The van der Waals surface area contributed by atoms with Crippen LogP contribution in [0.3, 0.4) is 0 Å². The molecule has 0 aromatic rings. The highest BCUT2D eigenvalue weighted by Crippen LogP contribution is 2.31. The average Bonchev–Trinajstić information content (AvgIpc) is 2.13. The van der Waals surface area contributed by atoms with Gasteiger partial charge in [-0.05, 0) is 38.9 Å². The molecule has 1 atom stereocenters. The molecule has 98 valence electrons. The Balaban J connectivity index is 5.01. The summed E-state index contributed by atoms with van der Waals surface area (Å²) < 4.78 is 0. The monoisotopic (exact) mass is 228 g/mol. The Kier molecular flexibility index (Phi) is 5.99. The number of nitrogens with one attached hydrogen (secondary N) is 1. The van der Waals surface area contributed by atoms with Gasteiger partial charge in [0.15, 0.2) is 0 Å². The van der Waals surface area contributed by atoms with Crippen LogP contribution in [0.15, 0.2) is 0 Å². The molecule has 0 fully saturated rings. The first-order chi connectivity index (χ1) is 7.21. The fourth-order valence-electron chi connectivity index (χ4n) is 3.04. The Morgan fingerprint density at radius 1 is 0.938 bits per heavy atom. The number of rotatable bonds is 6. The van der Waals surface area contributed by atoms with Crippen molar-refractivity contribution in [1.29, 1.82) is 0 Å². The highest BCUT2D eigenvalue weighted by Gasteiger charge is 2.40. The molecule has 1 unspecified atom stereocenters. The van der Waals surface area contributed by atoms with Crippen LogP contribution in [0, 0.1) is 5.41 Å². The van der Waals surface area contributed by atoms with Gasteiger partial charge in [0.05, 0.1) is 0 Å². The highest BCUT2D eigenvalue weighted by atomic mass is 15.2. The van der Waals surface area contributed by atoms with Crippen molar-refractivity contribution < 1.29 is 0 Å². The van der Waals surface area contributed by atoms with E-state index >= 15 is 0 Å². The molecule has 1 N–H and O–H groups in total. The average molecular weight is 228 g/mol. The Labute approximate surface area is 103 Å². The third-order valence-electron chi connectivity index (χ3n) is 3.56. The second kappa shape index (κ2) is 6.02. The molecule has 0 amide bonds. The van der Waals surface area contributed by atoms with Gasteiger partial charge >= 0.3 is 0 Å².